The van der Waals surface area contributed by atoms with Gasteiger partial charge in [0, 0.05) is 12.1 Å². The Balaban J connectivity index is 2.21. The van der Waals surface area contributed by atoms with Gasteiger partial charge in [-0.15, -0.1) is 0 Å². The quantitative estimate of drug-likeness (QED) is 0.746. The molecule has 0 spiro atoms. The molecule has 1 aromatic heterocycles. The van der Waals surface area contributed by atoms with E-state index in [-0.39, 0.29) is 11.9 Å². The number of benzene rings is 1. The molecular weight excluding hydrogens is 254 g/mol. The largest absolute Gasteiger partial charge is 0.468 e. The first-order valence-corrected chi connectivity index (χ1v) is 6.52. The van der Waals surface area contributed by atoms with Gasteiger partial charge < -0.3 is 9.47 Å². The molecule has 0 saturated heterocycles. The number of fused-ring (bicyclic) bond motifs is 2. The molecule has 3 rings (SSSR count). The number of ether oxygens (including phenoxy) is 2. The normalized spacial score (nSPS) is 20.1. The van der Waals surface area contributed by atoms with E-state index in [9.17, 15) is 4.79 Å². The molecule has 0 amide bonds. The molecule has 2 heterocycles. The molecule has 2 aromatic rings. The minimum absolute atomic E-state index is 0.0604. The zero-order valence-corrected chi connectivity index (χ0v) is 11.4. The first kappa shape index (κ1) is 12.7. The lowest BCUT2D eigenvalue weighted by atomic mass is 9.85. The highest BCUT2D eigenvalue weighted by molar-refractivity contribution is 5.80. The summed E-state index contributed by atoms with van der Waals surface area (Å²) in [6.07, 6.45) is 1.67. The average molecular weight is 269 g/mol. The molecule has 4 heteroatoms. The van der Waals surface area contributed by atoms with Gasteiger partial charge in [0.15, 0.2) is 0 Å². The van der Waals surface area contributed by atoms with E-state index < -0.39 is 5.92 Å². The predicted octanol–water partition coefficient (Wildman–Crippen LogP) is 3.25. The minimum atomic E-state index is -0.458. The van der Waals surface area contributed by atoms with Crippen LogP contribution in [-0.2, 0) is 9.53 Å². The third-order valence-electron chi connectivity index (χ3n) is 3.68. The number of rotatable bonds is 1. The number of nitrogens with zero attached hydrogens (tertiary/aromatic N) is 1. The standard InChI is InChI=1S/C16H15NO3/c1-10-11-6-3-4-7-12(11)20-13-8-5-9-17-15(13)14(10)16(18)19-2/h3-10,14H,1-2H3. The summed E-state index contributed by atoms with van der Waals surface area (Å²) in [6.45, 7) is 1.99. The van der Waals surface area contributed by atoms with Crippen molar-refractivity contribution >= 4 is 5.97 Å². The molecule has 4 nitrogen and oxygen atoms in total. The summed E-state index contributed by atoms with van der Waals surface area (Å²) < 4.78 is 10.9. The third-order valence-corrected chi connectivity index (χ3v) is 3.68. The second-order valence-corrected chi connectivity index (χ2v) is 4.82. The summed E-state index contributed by atoms with van der Waals surface area (Å²) in [5.74, 6) is 0.563. The van der Waals surface area contributed by atoms with E-state index in [4.69, 9.17) is 9.47 Å². The van der Waals surface area contributed by atoms with Gasteiger partial charge in [0.05, 0.1) is 12.8 Å². The Hall–Kier alpha value is -2.36. The summed E-state index contributed by atoms with van der Waals surface area (Å²) >= 11 is 0. The highest BCUT2D eigenvalue weighted by Gasteiger charge is 2.36. The smallest absolute Gasteiger partial charge is 0.315 e. The van der Waals surface area contributed by atoms with E-state index in [1.165, 1.54) is 7.11 Å². The fourth-order valence-electron chi connectivity index (χ4n) is 2.65. The van der Waals surface area contributed by atoms with E-state index >= 15 is 0 Å². The van der Waals surface area contributed by atoms with Crippen LogP contribution in [-0.4, -0.2) is 18.1 Å². The Labute approximate surface area is 117 Å². The summed E-state index contributed by atoms with van der Waals surface area (Å²) in [6, 6.07) is 11.4. The Morgan fingerprint density at radius 3 is 2.75 bits per heavy atom. The molecule has 0 fully saturated rings. The topological polar surface area (TPSA) is 48.4 Å². The van der Waals surface area contributed by atoms with Gasteiger partial charge >= 0.3 is 5.97 Å². The Kier molecular flexibility index (Phi) is 3.14. The SMILES string of the molecule is COC(=O)C1c2ncccc2Oc2ccccc2C1C. The van der Waals surface area contributed by atoms with Gasteiger partial charge in [0.25, 0.3) is 0 Å². The zero-order chi connectivity index (χ0) is 14.1. The van der Waals surface area contributed by atoms with Crippen molar-refractivity contribution in [3.8, 4) is 11.5 Å². The highest BCUT2D eigenvalue weighted by Crippen LogP contribution is 2.45. The van der Waals surface area contributed by atoms with Crippen molar-refractivity contribution < 1.29 is 14.3 Å². The van der Waals surface area contributed by atoms with Crippen molar-refractivity contribution in [1.82, 2.24) is 4.98 Å². The Morgan fingerprint density at radius 2 is 1.95 bits per heavy atom. The van der Waals surface area contributed by atoms with Crippen molar-refractivity contribution in [2.24, 2.45) is 0 Å². The first-order chi connectivity index (χ1) is 9.72. The van der Waals surface area contributed by atoms with Crippen LogP contribution in [0.1, 0.15) is 30.0 Å². The summed E-state index contributed by atoms with van der Waals surface area (Å²) in [5, 5.41) is 0. The third kappa shape index (κ3) is 1.93. The fourth-order valence-corrected chi connectivity index (χ4v) is 2.65. The molecular formula is C16H15NO3. The van der Waals surface area contributed by atoms with E-state index in [2.05, 4.69) is 4.98 Å². The van der Waals surface area contributed by atoms with Crippen molar-refractivity contribution in [3.63, 3.8) is 0 Å². The number of methoxy groups -OCH3 is 1. The molecule has 20 heavy (non-hydrogen) atoms. The van der Waals surface area contributed by atoms with Crippen LogP contribution in [0.5, 0.6) is 11.5 Å². The van der Waals surface area contributed by atoms with E-state index in [0.717, 1.165) is 11.3 Å². The number of pyridine rings is 1. The molecule has 1 aliphatic rings. The van der Waals surface area contributed by atoms with Gasteiger partial charge in [0.2, 0.25) is 0 Å². The lowest BCUT2D eigenvalue weighted by Crippen LogP contribution is -2.20. The van der Waals surface area contributed by atoms with Gasteiger partial charge in [-0.1, -0.05) is 25.1 Å². The number of para-hydroxylation sites is 1. The average Bonchev–Trinajstić information content (AvgIpc) is 2.61. The van der Waals surface area contributed by atoms with Crippen LogP contribution in [0.25, 0.3) is 0 Å². The summed E-state index contributed by atoms with van der Waals surface area (Å²) in [5.41, 5.74) is 1.61. The molecule has 2 unspecified atom stereocenters. The van der Waals surface area contributed by atoms with Gasteiger partial charge in [-0.25, -0.2) is 0 Å². The number of hydrogen-bond acceptors (Lipinski definition) is 4. The summed E-state index contributed by atoms with van der Waals surface area (Å²) in [7, 11) is 1.40. The Bertz CT molecular complexity index is 654. The molecule has 0 aliphatic carbocycles. The first-order valence-electron chi connectivity index (χ1n) is 6.52. The van der Waals surface area contributed by atoms with Crippen LogP contribution < -0.4 is 4.74 Å². The molecule has 1 aromatic carbocycles. The van der Waals surface area contributed by atoms with Crippen LogP contribution in [0.3, 0.4) is 0 Å². The maximum Gasteiger partial charge on any atom is 0.315 e. The van der Waals surface area contributed by atoms with Crippen LogP contribution in [0, 0.1) is 0 Å². The van der Waals surface area contributed by atoms with Gasteiger partial charge in [-0.05, 0) is 23.8 Å². The maximum atomic E-state index is 12.2. The molecule has 0 radical (unpaired) electrons. The molecule has 0 bridgehead atoms. The number of carbonyl (C=O) groups excluding carboxylic acids is 1. The van der Waals surface area contributed by atoms with E-state index in [1.807, 2.05) is 37.3 Å². The number of hydrogen-bond donors (Lipinski definition) is 0. The predicted molar refractivity (Wildman–Crippen MR) is 73.9 cm³/mol. The van der Waals surface area contributed by atoms with Crippen LogP contribution in [0.2, 0.25) is 0 Å². The van der Waals surface area contributed by atoms with Crippen LogP contribution in [0.4, 0.5) is 0 Å². The Morgan fingerprint density at radius 1 is 1.20 bits per heavy atom. The summed E-state index contributed by atoms with van der Waals surface area (Å²) in [4.78, 5) is 16.5. The second kappa shape index (κ2) is 4.96. The maximum absolute atomic E-state index is 12.2. The highest BCUT2D eigenvalue weighted by atomic mass is 16.5. The number of aromatic nitrogens is 1. The second-order valence-electron chi connectivity index (χ2n) is 4.82. The van der Waals surface area contributed by atoms with Crippen molar-refractivity contribution in [2.45, 2.75) is 18.8 Å². The molecule has 0 N–H and O–H groups in total. The molecule has 2 atom stereocenters. The number of carbonyl (C=O) groups is 1. The lowest BCUT2D eigenvalue weighted by molar-refractivity contribution is -0.143. The zero-order valence-electron chi connectivity index (χ0n) is 11.4. The molecule has 102 valence electrons. The number of esters is 1. The minimum Gasteiger partial charge on any atom is -0.468 e. The lowest BCUT2D eigenvalue weighted by Gasteiger charge is -2.19. The monoisotopic (exact) mass is 269 g/mol. The van der Waals surface area contributed by atoms with Gasteiger partial charge in [0.1, 0.15) is 17.4 Å². The van der Waals surface area contributed by atoms with Crippen molar-refractivity contribution in [3.05, 3.63) is 53.9 Å². The molecule has 0 saturated carbocycles. The van der Waals surface area contributed by atoms with Crippen molar-refractivity contribution in [2.75, 3.05) is 7.11 Å². The van der Waals surface area contributed by atoms with Gasteiger partial charge in [-0.2, -0.15) is 0 Å². The van der Waals surface area contributed by atoms with Crippen LogP contribution in [0.15, 0.2) is 42.6 Å². The van der Waals surface area contributed by atoms with E-state index in [0.29, 0.717) is 11.4 Å². The fraction of sp³-hybridized carbons (Fsp3) is 0.250. The van der Waals surface area contributed by atoms with E-state index in [1.54, 1.807) is 12.3 Å². The van der Waals surface area contributed by atoms with Gasteiger partial charge in [-0.3, -0.25) is 9.78 Å². The van der Waals surface area contributed by atoms with Crippen LogP contribution >= 0.6 is 0 Å². The molecule has 1 aliphatic heterocycles. The van der Waals surface area contributed by atoms with Crippen molar-refractivity contribution in [1.29, 1.82) is 0 Å².